The van der Waals surface area contributed by atoms with E-state index in [2.05, 4.69) is 59.0 Å². The molecule has 0 saturated heterocycles. The molecule has 1 N–H and O–H groups in total. The Morgan fingerprint density at radius 2 is 2.24 bits per heavy atom. The molecule has 0 aromatic carbocycles. The van der Waals surface area contributed by atoms with Crippen LogP contribution in [0.2, 0.25) is 5.02 Å². The lowest BCUT2D eigenvalue weighted by Gasteiger charge is -2.19. The van der Waals surface area contributed by atoms with Crippen molar-refractivity contribution in [2.75, 3.05) is 18.5 Å². The third-order valence-corrected chi connectivity index (χ3v) is 4.25. The summed E-state index contributed by atoms with van der Waals surface area (Å²) >= 11 is 7.96. The van der Waals surface area contributed by atoms with Gasteiger partial charge in [-0.05, 0) is 46.5 Å². The van der Waals surface area contributed by atoms with Crippen LogP contribution >= 0.6 is 22.9 Å². The first-order valence-electron chi connectivity index (χ1n) is 7.13. The van der Waals surface area contributed by atoms with Gasteiger partial charge in [0.1, 0.15) is 5.82 Å². The number of aromatic nitrogens is 1. The Balaban J connectivity index is 2.03. The van der Waals surface area contributed by atoms with Gasteiger partial charge in [-0.2, -0.15) is 11.3 Å². The lowest BCUT2D eigenvalue weighted by Crippen LogP contribution is -2.21. The van der Waals surface area contributed by atoms with Gasteiger partial charge in [0.2, 0.25) is 0 Å². The first kappa shape index (κ1) is 16.3. The number of anilines is 1. The molecule has 0 fully saturated rings. The van der Waals surface area contributed by atoms with Crippen LogP contribution < -0.4 is 10.2 Å². The Kier molecular flexibility index (Phi) is 6.03. The smallest absolute Gasteiger partial charge is 0.128 e. The topological polar surface area (TPSA) is 28.2 Å². The summed E-state index contributed by atoms with van der Waals surface area (Å²) in [5, 5.41) is 8.41. The molecule has 3 nitrogen and oxygen atoms in total. The number of nitrogens with one attached hydrogen (secondary N) is 1. The van der Waals surface area contributed by atoms with Crippen LogP contribution in [0.25, 0.3) is 0 Å². The lowest BCUT2D eigenvalue weighted by molar-refractivity contribution is 0.552. The van der Waals surface area contributed by atoms with Crippen molar-refractivity contribution in [3.05, 3.63) is 45.2 Å². The fourth-order valence-corrected chi connectivity index (χ4v) is 2.87. The molecule has 0 atom stereocenters. The van der Waals surface area contributed by atoms with Gasteiger partial charge >= 0.3 is 0 Å². The van der Waals surface area contributed by atoms with E-state index in [1.807, 2.05) is 0 Å². The summed E-state index contributed by atoms with van der Waals surface area (Å²) in [6, 6.07) is 4.21. The van der Waals surface area contributed by atoms with Crippen LogP contribution in [0, 0.1) is 5.92 Å². The Labute approximate surface area is 136 Å². The predicted octanol–water partition coefficient (Wildman–Crippen LogP) is 4.18. The van der Waals surface area contributed by atoms with E-state index in [1.54, 1.807) is 17.5 Å². The maximum atomic E-state index is 6.24. The molecule has 2 rings (SSSR count). The van der Waals surface area contributed by atoms with Crippen LogP contribution in [0.5, 0.6) is 0 Å². The highest BCUT2D eigenvalue weighted by molar-refractivity contribution is 7.07. The molecule has 0 saturated carbocycles. The Morgan fingerprint density at radius 3 is 2.90 bits per heavy atom. The lowest BCUT2D eigenvalue weighted by atomic mass is 10.2. The quantitative estimate of drug-likeness (QED) is 0.828. The van der Waals surface area contributed by atoms with E-state index < -0.39 is 0 Å². The molecule has 0 bridgehead atoms. The van der Waals surface area contributed by atoms with E-state index in [0.717, 1.165) is 36.0 Å². The summed E-state index contributed by atoms with van der Waals surface area (Å²) in [6.45, 7) is 7.01. The van der Waals surface area contributed by atoms with Crippen molar-refractivity contribution >= 4 is 28.8 Å². The molecule has 0 aliphatic heterocycles. The second-order valence-electron chi connectivity index (χ2n) is 5.65. The highest BCUT2D eigenvalue weighted by atomic mass is 35.5. The second kappa shape index (κ2) is 7.78. The standard InChI is InChI=1S/C16H22ClN3S/c1-12(2)7-18-8-14-6-16(19-9-15(14)17)20(3)10-13-4-5-21-11-13/h4-6,9,11-12,18H,7-8,10H2,1-3H3. The van der Waals surface area contributed by atoms with E-state index in [0.29, 0.717) is 5.92 Å². The van der Waals surface area contributed by atoms with E-state index in [1.165, 1.54) is 5.56 Å². The van der Waals surface area contributed by atoms with Crippen molar-refractivity contribution in [1.29, 1.82) is 0 Å². The monoisotopic (exact) mass is 323 g/mol. The number of pyridine rings is 1. The molecule has 5 heteroatoms. The summed E-state index contributed by atoms with van der Waals surface area (Å²) in [6.07, 6.45) is 1.74. The molecule has 0 unspecified atom stereocenters. The average molecular weight is 324 g/mol. The van der Waals surface area contributed by atoms with Crippen molar-refractivity contribution in [2.45, 2.75) is 26.9 Å². The van der Waals surface area contributed by atoms with Gasteiger partial charge in [0.15, 0.2) is 0 Å². The Morgan fingerprint density at radius 1 is 1.43 bits per heavy atom. The van der Waals surface area contributed by atoms with Crippen LogP contribution in [-0.2, 0) is 13.1 Å². The summed E-state index contributed by atoms with van der Waals surface area (Å²) in [7, 11) is 2.05. The number of thiophene rings is 1. The molecular formula is C16H22ClN3S. The zero-order chi connectivity index (χ0) is 15.2. The highest BCUT2D eigenvalue weighted by Gasteiger charge is 2.08. The molecule has 0 aliphatic rings. The zero-order valence-corrected chi connectivity index (χ0v) is 14.3. The highest BCUT2D eigenvalue weighted by Crippen LogP contribution is 2.21. The molecule has 0 spiro atoms. The third kappa shape index (κ3) is 4.99. The molecule has 2 aromatic rings. The summed E-state index contributed by atoms with van der Waals surface area (Å²) in [4.78, 5) is 6.58. The fraction of sp³-hybridized carbons (Fsp3) is 0.438. The minimum absolute atomic E-state index is 0.631. The third-order valence-electron chi connectivity index (χ3n) is 3.18. The Bertz CT molecular complexity index is 555. The van der Waals surface area contributed by atoms with Crippen molar-refractivity contribution in [1.82, 2.24) is 10.3 Å². The average Bonchev–Trinajstić information content (AvgIpc) is 2.93. The predicted molar refractivity (Wildman–Crippen MR) is 92.2 cm³/mol. The van der Waals surface area contributed by atoms with E-state index in [4.69, 9.17) is 11.6 Å². The number of nitrogens with zero attached hydrogens (tertiary/aromatic N) is 2. The normalized spacial score (nSPS) is 11.1. The maximum absolute atomic E-state index is 6.24. The van der Waals surface area contributed by atoms with E-state index in [-0.39, 0.29) is 0 Å². The molecule has 0 amide bonds. The summed E-state index contributed by atoms with van der Waals surface area (Å²) in [5.74, 6) is 1.58. The Hall–Kier alpha value is -1.10. The SMILES string of the molecule is CC(C)CNCc1cc(N(C)Cc2ccsc2)ncc1Cl. The van der Waals surface area contributed by atoms with Gasteiger partial charge in [0.05, 0.1) is 5.02 Å². The number of rotatable bonds is 7. The van der Waals surface area contributed by atoms with Crippen molar-refractivity contribution in [2.24, 2.45) is 5.92 Å². The van der Waals surface area contributed by atoms with Gasteiger partial charge in [-0.25, -0.2) is 4.98 Å². The molecule has 2 heterocycles. The van der Waals surface area contributed by atoms with Crippen molar-refractivity contribution in [3.63, 3.8) is 0 Å². The van der Waals surface area contributed by atoms with Gasteiger partial charge in [0, 0.05) is 26.3 Å². The van der Waals surface area contributed by atoms with Crippen molar-refractivity contribution in [3.8, 4) is 0 Å². The van der Waals surface area contributed by atoms with Crippen molar-refractivity contribution < 1.29 is 0 Å². The van der Waals surface area contributed by atoms with E-state index >= 15 is 0 Å². The van der Waals surface area contributed by atoms with Gasteiger partial charge in [-0.3, -0.25) is 0 Å². The first-order chi connectivity index (χ1) is 10.1. The first-order valence-corrected chi connectivity index (χ1v) is 8.45. The number of halogens is 1. The van der Waals surface area contributed by atoms with Crippen LogP contribution in [-0.4, -0.2) is 18.6 Å². The zero-order valence-electron chi connectivity index (χ0n) is 12.8. The molecule has 21 heavy (non-hydrogen) atoms. The summed E-state index contributed by atoms with van der Waals surface area (Å²) in [5.41, 5.74) is 2.40. The number of hydrogen-bond donors (Lipinski definition) is 1. The minimum atomic E-state index is 0.631. The fourth-order valence-electron chi connectivity index (χ4n) is 2.04. The van der Waals surface area contributed by atoms with Gasteiger partial charge < -0.3 is 10.2 Å². The van der Waals surface area contributed by atoms with Gasteiger partial charge in [-0.1, -0.05) is 25.4 Å². The largest absolute Gasteiger partial charge is 0.355 e. The van der Waals surface area contributed by atoms with Crippen LogP contribution in [0.4, 0.5) is 5.82 Å². The van der Waals surface area contributed by atoms with Crippen LogP contribution in [0.15, 0.2) is 29.1 Å². The number of hydrogen-bond acceptors (Lipinski definition) is 4. The molecular weight excluding hydrogens is 302 g/mol. The van der Waals surface area contributed by atoms with E-state index in [9.17, 15) is 0 Å². The maximum Gasteiger partial charge on any atom is 0.128 e. The van der Waals surface area contributed by atoms with Gasteiger partial charge in [0.25, 0.3) is 0 Å². The van der Waals surface area contributed by atoms with Gasteiger partial charge in [-0.15, -0.1) is 0 Å². The second-order valence-corrected chi connectivity index (χ2v) is 6.83. The minimum Gasteiger partial charge on any atom is -0.355 e. The summed E-state index contributed by atoms with van der Waals surface area (Å²) < 4.78 is 0. The molecule has 114 valence electrons. The molecule has 2 aromatic heterocycles. The van der Waals surface area contributed by atoms with Crippen LogP contribution in [0.1, 0.15) is 25.0 Å². The molecule has 0 radical (unpaired) electrons. The van der Waals surface area contributed by atoms with Crippen LogP contribution in [0.3, 0.4) is 0 Å². The molecule has 0 aliphatic carbocycles.